The molecule has 1 N–H and O–H groups in total. The van der Waals surface area contributed by atoms with Crippen molar-refractivity contribution in [1.82, 2.24) is 0 Å². The molecule has 0 heterocycles. The van der Waals surface area contributed by atoms with Crippen LogP contribution in [0.15, 0.2) is 24.3 Å². The van der Waals surface area contributed by atoms with Crippen molar-refractivity contribution in [3.63, 3.8) is 0 Å². The maximum absolute atomic E-state index is 11.3. The average molecular weight is 228 g/mol. The molecule has 1 rings (SSSR count). The van der Waals surface area contributed by atoms with Crippen LogP contribution >= 0.6 is 0 Å². The van der Waals surface area contributed by atoms with E-state index in [9.17, 15) is 9.00 Å². The minimum atomic E-state index is -2.50. The largest absolute Gasteiger partial charge is 0.493 e. The lowest BCUT2D eigenvalue weighted by Gasteiger charge is -2.07. The quantitative estimate of drug-likeness (QED) is 0.799. The molecule has 0 aliphatic heterocycles. The first-order valence-corrected chi connectivity index (χ1v) is 5.64. The molecule has 1 aromatic rings. The molecule has 0 fully saturated rings. The zero-order valence-corrected chi connectivity index (χ0v) is 9.12. The van der Waals surface area contributed by atoms with Crippen LogP contribution < -0.4 is 4.74 Å². The van der Waals surface area contributed by atoms with Gasteiger partial charge in [-0.25, -0.2) is 4.21 Å². The highest BCUT2D eigenvalue weighted by Gasteiger charge is 2.16. The summed E-state index contributed by atoms with van der Waals surface area (Å²) in [4.78, 5) is 11.3. The highest BCUT2D eigenvalue weighted by Crippen LogP contribution is 2.19. The van der Waals surface area contributed by atoms with Crippen molar-refractivity contribution in [3.8, 4) is 5.75 Å². The van der Waals surface area contributed by atoms with Gasteiger partial charge in [0.2, 0.25) is 11.1 Å². The lowest BCUT2D eigenvalue weighted by molar-refractivity contribution is 0.107. The third-order valence-electron chi connectivity index (χ3n) is 1.73. The number of carbonyl (C=O) groups is 1. The maximum Gasteiger partial charge on any atom is 0.280 e. The van der Waals surface area contributed by atoms with Gasteiger partial charge in [0.1, 0.15) is 5.75 Å². The third-order valence-corrected chi connectivity index (χ3v) is 2.26. The minimum absolute atomic E-state index is 0.145. The van der Waals surface area contributed by atoms with Gasteiger partial charge in [-0.05, 0) is 18.6 Å². The summed E-state index contributed by atoms with van der Waals surface area (Å²) in [6.07, 6.45) is 0.810. The van der Waals surface area contributed by atoms with Gasteiger partial charge in [0, 0.05) is 0 Å². The summed E-state index contributed by atoms with van der Waals surface area (Å²) >= 11 is -2.50. The van der Waals surface area contributed by atoms with Gasteiger partial charge in [0.05, 0.1) is 12.2 Å². The lowest BCUT2D eigenvalue weighted by atomic mass is 10.2. The van der Waals surface area contributed by atoms with Gasteiger partial charge >= 0.3 is 0 Å². The summed E-state index contributed by atoms with van der Waals surface area (Å²) in [5.74, 6) is 0.353. The molecular formula is C10H12O4S. The fourth-order valence-corrected chi connectivity index (χ4v) is 1.42. The van der Waals surface area contributed by atoms with Crippen molar-refractivity contribution < 1.29 is 18.3 Å². The number of rotatable bonds is 4. The van der Waals surface area contributed by atoms with Crippen LogP contribution in [0.5, 0.6) is 5.75 Å². The van der Waals surface area contributed by atoms with Gasteiger partial charge in [-0.2, -0.15) is 0 Å². The van der Waals surface area contributed by atoms with Crippen molar-refractivity contribution in [3.05, 3.63) is 29.8 Å². The lowest BCUT2D eigenvalue weighted by Crippen LogP contribution is -2.09. The topological polar surface area (TPSA) is 63.6 Å². The second-order valence-corrected chi connectivity index (χ2v) is 3.75. The molecule has 1 aromatic carbocycles. The molecule has 0 saturated heterocycles. The molecule has 0 amide bonds. The molecule has 5 heteroatoms. The molecule has 0 bridgehead atoms. The predicted octanol–water partition coefficient (Wildman–Crippen LogP) is 1.84. The monoisotopic (exact) mass is 228 g/mol. The normalized spacial score (nSPS) is 12.1. The molecule has 4 nitrogen and oxygen atoms in total. The standard InChI is InChI=1S/C10H12O4S/c1-2-7-14-9-6-4-3-5-8(9)10(11)15(12)13/h3-6H,2,7H2,1H3,(H,12,13). The van der Waals surface area contributed by atoms with E-state index in [-0.39, 0.29) is 5.56 Å². The highest BCUT2D eigenvalue weighted by molar-refractivity contribution is 7.95. The smallest absolute Gasteiger partial charge is 0.280 e. The van der Waals surface area contributed by atoms with Gasteiger partial charge in [0.25, 0.3) is 5.12 Å². The second-order valence-electron chi connectivity index (χ2n) is 2.88. The van der Waals surface area contributed by atoms with Crippen LogP contribution in [0.4, 0.5) is 0 Å². The Balaban J connectivity index is 2.95. The SMILES string of the molecule is CCCOc1ccccc1C(=O)S(=O)O. The molecular weight excluding hydrogens is 216 g/mol. The van der Waals surface area contributed by atoms with Gasteiger partial charge in [-0.1, -0.05) is 19.1 Å². The van der Waals surface area contributed by atoms with E-state index in [4.69, 9.17) is 9.29 Å². The molecule has 0 aliphatic carbocycles. The number of carbonyl (C=O) groups excluding carboxylic acids is 1. The molecule has 0 saturated carbocycles. The van der Waals surface area contributed by atoms with Crippen molar-refractivity contribution in [2.75, 3.05) is 6.61 Å². The van der Waals surface area contributed by atoms with Gasteiger partial charge < -0.3 is 4.74 Å². The van der Waals surface area contributed by atoms with Gasteiger partial charge in [0.15, 0.2) is 0 Å². The Morgan fingerprint density at radius 2 is 2.13 bits per heavy atom. The Kier molecular flexibility index (Phi) is 4.45. The molecule has 1 atom stereocenters. The fraction of sp³-hybridized carbons (Fsp3) is 0.300. The van der Waals surface area contributed by atoms with E-state index in [0.717, 1.165) is 6.42 Å². The van der Waals surface area contributed by atoms with Crippen LogP contribution in [0.3, 0.4) is 0 Å². The molecule has 0 radical (unpaired) electrons. The van der Waals surface area contributed by atoms with Crippen molar-refractivity contribution in [2.45, 2.75) is 13.3 Å². The molecule has 0 aromatic heterocycles. The maximum atomic E-state index is 11.3. The van der Waals surface area contributed by atoms with Crippen LogP contribution in [0.25, 0.3) is 0 Å². The number of ether oxygens (including phenoxy) is 1. The molecule has 82 valence electrons. The summed E-state index contributed by atoms with van der Waals surface area (Å²) < 4.78 is 24.6. The first-order chi connectivity index (χ1) is 7.16. The summed E-state index contributed by atoms with van der Waals surface area (Å²) in [6.45, 7) is 2.41. The van der Waals surface area contributed by atoms with E-state index in [1.807, 2.05) is 6.92 Å². The zero-order chi connectivity index (χ0) is 11.3. The van der Waals surface area contributed by atoms with Crippen molar-refractivity contribution >= 4 is 16.2 Å². The Labute approximate surface area is 90.5 Å². The Morgan fingerprint density at radius 1 is 1.47 bits per heavy atom. The number of hydrogen-bond acceptors (Lipinski definition) is 3. The van der Waals surface area contributed by atoms with Crippen LogP contribution in [0.2, 0.25) is 0 Å². The van der Waals surface area contributed by atoms with Gasteiger partial charge in [-0.3, -0.25) is 9.35 Å². The van der Waals surface area contributed by atoms with E-state index < -0.39 is 16.2 Å². The van der Waals surface area contributed by atoms with Crippen molar-refractivity contribution in [2.24, 2.45) is 0 Å². The number of hydrogen-bond donors (Lipinski definition) is 1. The minimum Gasteiger partial charge on any atom is -0.493 e. The summed E-state index contributed by atoms with van der Waals surface area (Å²) in [5.41, 5.74) is 0.145. The van der Waals surface area contributed by atoms with Crippen molar-refractivity contribution in [1.29, 1.82) is 0 Å². The Bertz CT molecular complexity index is 375. The van der Waals surface area contributed by atoms with E-state index in [1.165, 1.54) is 6.07 Å². The molecule has 15 heavy (non-hydrogen) atoms. The highest BCUT2D eigenvalue weighted by atomic mass is 32.2. The predicted molar refractivity (Wildman–Crippen MR) is 57.3 cm³/mol. The van der Waals surface area contributed by atoms with E-state index in [2.05, 4.69) is 0 Å². The summed E-state index contributed by atoms with van der Waals surface area (Å²) in [6, 6.07) is 6.41. The molecule has 0 spiro atoms. The van der Waals surface area contributed by atoms with E-state index in [0.29, 0.717) is 12.4 Å². The fourth-order valence-electron chi connectivity index (χ4n) is 1.07. The molecule has 0 aliphatic rings. The van der Waals surface area contributed by atoms with Crippen LogP contribution in [0.1, 0.15) is 23.7 Å². The second kappa shape index (κ2) is 5.63. The van der Waals surface area contributed by atoms with Crippen LogP contribution in [-0.4, -0.2) is 20.5 Å². The molecule has 1 unspecified atom stereocenters. The Morgan fingerprint density at radius 3 is 2.73 bits per heavy atom. The van der Waals surface area contributed by atoms with Crippen LogP contribution in [0, 0.1) is 0 Å². The van der Waals surface area contributed by atoms with Gasteiger partial charge in [-0.15, -0.1) is 0 Å². The van der Waals surface area contributed by atoms with E-state index >= 15 is 0 Å². The summed E-state index contributed by atoms with van der Waals surface area (Å²) in [5, 5.41) is -0.832. The van der Waals surface area contributed by atoms with Crippen LogP contribution in [-0.2, 0) is 11.1 Å². The first kappa shape index (κ1) is 11.9. The Hall–Kier alpha value is -1.20. The number of benzene rings is 1. The third kappa shape index (κ3) is 3.14. The average Bonchev–Trinajstić information content (AvgIpc) is 2.25. The summed E-state index contributed by atoms with van der Waals surface area (Å²) in [7, 11) is 0. The zero-order valence-electron chi connectivity index (χ0n) is 8.30. The van der Waals surface area contributed by atoms with E-state index in [1.54, 1.807) is 18.2 Å². The number of para-hydroxylation sites is 1. The first-order valence-electron chi connectivity index (χ1n) is 4.53.